The molecule has 0 aliphatic heterocycles. The number of alkyl halides is 3. The Balaban J connectivity index is 1.62. The van der Waals surface area contributed by atoms with Gasteiger partial charge in [0.15, 0.2) is 0 Å². The first-order valence-corrected chi connectivity index (χ1v) is 9.93. The van der Waals surface area contributed by atoms with Gasteiger partial charge in [-0.2, -0.15) is 13.2 Å². The Kier molecular flexibility index (Phi) is 7.35. The van der Waals surface area contributed by atoms with E-state index in [2.05, 4.69) is 9.88 Å². The molecular formula is C23H26F3N3O2. The molecule has 0 fully saturated rings. The Morgan fingerprint density at radius 3 is 2.42 bits per heavy atom. The van der Waals surface area contributed by atoms with Gasteiger partial charge in [0.2, 0.25) is 0 Å². The van der Waals surface area contributed by atoms with Gasteiger partial charge >= 0.3 is 6.18 Å². The van der Waals surface area contributed by atoms with Crippen molar-refractivity contribution >= 4 is 0 Å². The van der Waals surface area contributed by atoms with Crippen molar-refractivity contribution < 1.29 is 23.0 Å². The first-order chi connectivity index (χ1) is 14.7. The molecule has 5 nitrogen and oxygen atoms in total. The Morgan fingerprint density at radius 2 is 1.81 bits per heavy atom. The SMILES string of the molecule is Cc1ccccc1CN(Cc1nccn1C)CC(O)COc1ccc(C(F)(F)F)cc1. The van der Waals surface area contributed by atoms with Gasteiger partial charge in [-0.05, 0) is 42.3 Å². The summed E-state index contributed by atoms with van der Waals surface area (Å²) in [5, 5.41) is 10.5. The maximum Gasteiger partial charge on any atom is 0.416 e. The number of benzene rings is 2. The van der Waals surface area contributed by atoms with Crippen molar-refractivity contribution in [3.8, 4) is 5.75 Å². The van der Waals surface area contributed by atoms with Crippen molar-refractivity contribution in [1.29, 1.82) is 0 Å². The standard InChI is InChI=1S/C23H26F3N3O2/c1-17-5-3-4-6-18(17)13-29(15-22-27-11-12-28(22)2)14-20(30)16-31-21-9-7-19(8-10-21)23(24,25)26/h3-12,20,30H,13-16H2,1-2H3. The van der Waals surface area contributed by atoms with Crippen LogP contribution >= 0.6 is 0 Å². The third-order valence-corrected chi connectivity index (χ3v) is 5.03. The van der Waals surface area contributed by atoms with Crippen LogP contribution < -0.4 is 4.74 Å². The van der Waals surface area contributed by atoms with Crippen molar-refractivity contribution in [2.75, 3.05) is 13.2 Å². The third kappa shape index (κ3) is 6.57. The number of hydrogen-bond donors (Lipinski definition) is 1. The second-order valence-corrected chi connectivity index (χ2v) is 7.54. The molecule has 0 radical (unpaired) electrons. The average molecular weight is 433 g/mol. The van der Waals surface area contributed by atoms with Crippen LogP contribution in [0, 0.1) is 6.92 Å². The topological polar surface area (TPSA) is 50.5 Å². The zero-order valence-electron chi connectivity index (χ0n) is 17.5. The zero-order valence-corrected chi connectivity index (χ0v) is 17.5. The van der Waals surface area contributed by atoms with E-state index in [0.717, 1.165) is 29.1 Å². The Bertz CT molecular complexity index is 971. The van der Waals surface area contributed by atoms with Gasteiger partial charge in [-0.3, -0.25) is 4.90 Å². The molecule has 0 saturated carbocycles. The average Bonchev–Trinajstić information content (AvgIpc) is 3.12. The van der Waals surface area contributed by atoms with Crippen LogP contribution in [-0.2, 0) is 26.3 Å². The number of ether oxygens (including phenoxy) is 1. The maximum atomic E-state index is 12.7. The quantitative estimate of drug-likeness (QED) is 0.550. The predicted octanol–water partition coefficient (Wildman–Crippen LogP) is 4.19. The van der Waals surface area contributed by atoms with E-state index in [1.807, 2.05) is 49.0 Å². The molecule has 3 rings (SSSR count). The normalized spacial score (nSPS) is 12.9. The molecule has 0 aliphatic carbocycles. The molecule has 0 spiro atoms. The van der Waals surface area contributed by atoms with E-state index in [4.69, 9.17) is 4.74 Å². The molecule has 0 saturated heterocycles. The van der Waals surface area contributed by atoms with Crippen molar-refractivity contribution in [2.45, 2.75) is 32.3 Å². The molecule has 8 heteroatoms. The minimum absolute atomic E-state index is 0.0315. The maximum absolute atomic E-state index is 12.7. The van der Waals surface area contributed by atoms with E-state index in [9.17, 15) is 18.3 Å². The van der Waals surface area contributed by atoms with Gasteiger partial charge in [0.1, 0.15) is 24.3 Å². The van der Waals surface area contributed by atoms with Crippen molar-refractivity contribution in [1.82, 2.24) is 14.5 Å². The number of aliphatic hydroxyl groups excluding tert-OH is 1. The summed E-state index contributed by atoms with van der Waals surface area (Å²) in [5.41, 5.74) is 1.57. The molecule has 0 aliphatic rings. The summed E-state index contributed by atoms with van der Waals surface area (Å²) in [6, 6.07) is 12.5. The number of nitrogens with zero attached hydrogens (tertiary/aromatic N) is 3. The van der Waals surface area contributed by atoms with E-state index in [1.54, 1.807) is 6.20 Å². The third-order valence-electron chi connectivity index (χ3n) is 5.03. The molecule has 1 N–H and O–H groups in total. The zero-order chi connectivity index (χ0) is 22.4. The van der Waals surface area contributed by atoms with E-state index in [1.165, 1.54) is 12.1 Å². The lowest BCUT2D eigenvalue weighted by Crippen LogP contribution is -2.35. The van der Waals surface area contributed by atoms with E-state index >= 15 is 0 Å². The highest BCUT2D eigenvalue weighted by atomic mass is 19.4. The molecular weight excluding hydrogens is 407 g/mol. The fraction of sp³-hybridized carbons (Fsp3) is 0.348. The number of halogens is 3. The van der Waals surface area contributed by atoms with Crippen molar-refractivity contribution in [3.05, 3.63) is 83.4 Å². The number of imidazole rings is 1. The summed E-state index contributed by atoms with van der Waals surface area (Å²) in [4.78, 5) is 6.44. The van der Waals surface area contributed by atoms with Crippen LogP contribution in [0.25, 0.3) is 0 Å². The van der Waals surface area contributed by atoms with E-state index < -0.39 is 17.8 Å². The van der Waals surface area contributed by atoms with Gasteiger partial charge in [-0.25, -0.2) is 4.98 Å². The molecule has 1 heterocycles. The molecule has 1 unspecified atom stereocenters. The smallest absolute Gasteiger partial charge is 0.416 e. The molecule has 166 valence electrons. The first kappa shape index (κ1) is 22.8. The highest BCUT2D eigenvalue weighted by Crippen LogP contribution is 2.30. The minimum Gasteiger partial charge on any atom is -0.491 e. The molecule has 1 atom stereocenters. The van der Waals surface area contributed by atoms with Crippen LogP contribution in [0.15, 0.2) is 60.9 Å². The number of aromatic nitrogens is 2. The predicted molar refractivity (Wildman–Crippen MR) is 111 cm³/mol. The summed E-state index contributed by atoms with van der Waals surface area (Å²) >= 11 is 0. The lowest BCUT2D eigenvalue weighted by atomic mass is 10.1. The second kappa shape index (κ2) is 9.98. The molecule has 2 aromatic carbocycles. The fourth-order valence-corrected chi connectivity index (χ4v) is 3.25. The molecule has 0 bridgehead atoms. The summed E-state index contributed by atoms with van der Waals surface area (Å²) in [6.07, 6.45) is -1.62. The Hall–Kier alpha value is -2.84. The second-order valence-electron chi connectivity index (χ2n) is 7.54. The van der Waals surface area contributed by atoms with Crippen LogP contribution in [0.3, 0.4) is 0 Å². The number of aliphatic hydroxyl groups is 1. The molecule has 3 aromatic rings. The van der Waals surface area contributed by atoms with E-state index in [0.29, 0.717) is 19.6 Å². The Labute approximate surface area is 179 Å². The highest BCUT2D eigenvalue weighted by Gasteiger charge is 2.30. The molecule has 1 aromatic heterocycles. The summed E-state index contributed by atoms with van der Waals surface area (Å²) in [7, 11) is 1.92. The largest absolute Gasteiger partial charge is 0.491 e. The van der Waals surface area contributed by atoms with Gasteiger partial charge in [0.25, 0.3) is 0 Å². The number of rotatable bonds is 9. The molecule has 0 amide bonds. The summed E-state index contributed by atoms with van der Waals surface area (Å²) < 4.78 is 45.5. The van der Waals surface area contributed by atoms with Crippen LogP contribution in [0.5, 0.6) is 5.75 Å². The number of hydrogen-bond acceptors (Lipinski definition) is 4. The molecule has 31 heavy (non-hydrogen) atoms. The van der Waals surface area contributed by atoms with Crippen LogP contribution in [0.1, 0.15) is 22.5 Å². The van der Waals surface area contributed by atoms with Crippen molar-refractivity contribution in [3.63, 3.8) is 0 Å². The van der Waals surface area contributed by atoms with E-state index in [-0.39, 0.29) is 12.4 Å². The van der Waals surface area contributed by atoms with Gasteiger partial charge < -0.3 is 14.4 Å². The number of aryl methyl sites for hydroxylation is 2. The minimum atomic E-state index is -4.39. The first-order valence-electron chi connectivity index (χ1n) is 9.93. The van der Waals surface area contributed by atoms with Gasteiger partial charge in [0, 0.05) is 32.5 Å². The highest BCUT2D eigenvalue weighted by molar-refractivity contribution is 5.29. The van der Waals surface area contributed by atoms with Crippen LogP contribution in [-0.4, -0.2) is 38.8 Å². The van der Waals surface area contributed by atoms with Gasteiger partial charge in [-0.1, -0.05) is 24.3 Å². The summed E-state index contributed by atoms with van der Waals surface area (Å²) in [5.74, 6) is 1.14. The van der Waals surface area contributed by atoms with Gasteiger partial charge in [0.05, 0.1) is 12.1 Å². The van der Waals surface area contributed by atoms with Crippen LogP contribution in [0.2, 0.25) is 0 Å². The van der Waals surface area contributed by atoms with Gasteiger partial charge in [-0.15, -0.1) is 0 Å². The Morgan fingerprint density at radius 1 is 1.10 bits per heavy atom. The lowest BCUT2D eigenvalue weighted by molar-refractivity contribution is -0.137. The fourth-order valence-electron chi connectivity index (χ4n) is 3.25. The lowest BCUT2D eigenvalue weighted by Gasteiger charge is -2.25. The monoisotopic (exact) mass is 433 g/mol. The van der Waals surface area contributed by atoms with Crippen molar-refractivity contribution in [2.24, 2.45) is 7.05 Å². The summed E-state index contributed by atoms with van der Waals surface area (Å²) in [6.45, 7) is 3.49. The van der Waals surface area contributed by atoms with Crippen LogP contribution in [0.4, 0.5) is 13.2 Å².